The zero-order valence-corrected chi connectivity index (χ0v) is 15.8. The van der Waals surface area contributed by atoms with Crippen molar-refractivity contribution in [3.05, 3.63) is 48.5 Å². The number of para-hydroxylation sites is 1. The third-order valence-corrected chi connectivity index (χ3v) is 6.06. The second-order valence-electron chi connectivity index (χ2n) is 5.06. The van der Waals surface area contributed by atoms with Crippen molar-refractivity contribution < 1.29 is 4.74 Å². The molecule has 2 aromatic rings. The van der Waals surface area contributed by atoms with Gasteiger partial charge in [0.1, 0.15) is 5.75 Å². The van der Waals surface area contributed by atoms with Gasteiger partial charge in [-0.15, -0.1) is 11.3 Å². The van der Waals surface area contributed by atoms with Gasteiger partial charge in [0.25, 0.3) is 0 Å². The van der Waals surface area contributed by atoms with Crippen LogP contribution in [0.3, 0.4) is 0 Å². The quantitative estimate of drug-likeness (QED) is 0.710. The largest absolute Gasteiger partial charge is 0.493 e. The number of hydrogen-bond donors (Lipinski definition) is 1. The molecule has 0 saturated carbocycles. The molecule has 1 aliphatic rings. The average Bonchev–Trinajstić information content (AvgIpc) is 2.83. The molecule has 1 N–H and O–H groups in total. The lowest BCUT2D eigenvalue weighted by Crippen LogP contribution is -2.23. The van der Waals surface area contributed by atoms with Gasteiger partial charge in [-0.25, -0.2) is 0 Å². The summed E-state index contributed by atoms with van der Waals surface area (Å²) in [5.74, 6) is 1.07. The molecule has 0 amide bonds. The molecule has 1 aliphatic heterocycles. The first-order valence-corrected chi connectivity index (χ1v) is 9.53. The van der Waals surface area contributed by atoms with Crippen molar-refractivity contribution in [2.24, 2.45) is 0 Å². The minimum absolute atomic E-state index is 0.153. The monoisotopic (exact) mass is 429 g/mol. The van der Waals surface area contributed by atoms with Gasteiger partial charge in [-0.3, -0.25) is 0 Å². The molecular formula is C16H17Br2NOS. The Morgan fingerprint density at radius 3 is 2.90 bits per heavy atom. The predicted octanol–water partition coefficient (Wildman–Crippen LogP) is 5.30. The summed E-state index contributed by atoms with van der Waals surface area (Å²) in [6.45, 7) is 3.87. The minimum atomic E-state index is 0.153. The van der Waals surface area contributed by atoms with Crippen molar-refractivity contribution in [1.82, 2.24) is 5.32 Å². The first kappa shape index (κ1) is 15.5. The van der Waals surface area contributed by atoms with Gasteiger partial charge in [0.05, 0.1) is 20.2 Å². The van der Waals surface area contributed by atoms with E-state index >= 15 is 0 Å². The number of ether oxygens (including phenoxy) is 1. The van der Waals surface area contributed by atoms with E-state index in [1.165, 1.54) is 16.7 Å². The molecule has 0 saturated heterocycles. The fourth-order valence-electron chi connectivity index (χ4n) is 2.78. The van der Waals surface area contributed by atoms with Crippen molar-refractivity contribution in [1.29, 1.82) is 0 Å². The molecule has 1 aromatic heterocycles. The molecule has 0 fully saturated rings. The van der Waals surface area contributed by atoms with Crippen molar-refractivity contribution in [3.63, 3.8) is 0 Å². The van der Waals surface area contributed by atoms with Gasteiger partial charge in [-0.1, -0.05) is 25.1 Å². The Hall–Kier alpha value is -0.360. The van der Waals surface area contributed by atoms with Crippen LogP contribution in [0.25, 0.3) is 0 Å². The smallest absolute Gasteiger partial charge is 0.127 e. The lowest BCUT2D eigenvalue weighted by Gasteiger charge is -2.25. The third-order valence-electron chi connectivity index (χ3n) is 3.68. The second kappa shape index (κ2) is 6.82. The van der Waals surface area contributed by atoms with Crippen molar-refractivity contribution >= 4 is 43.2 Å². The Balaban J connectivity index is 2.07. The number of rotatable bonds is 4. The van der Waals surface area contributed by atoms with Gasteiger partial charge in [0.2, 0.25) is 0 Å². The first-order valence-electron chi connectivity index (χ1n) is 7.13. The van der Waals surface area contributed by atoms with Gasteiger partial charge in [0.15, 0.2) is 0 Å². The lowest BCUT2D eigenvalue weighted by atomic mass is 9.95. The standard InChI is InChI=1S/C16H17Br2NOS/c1-2-19-14(12-9-13(17)21-16(12)18)11-7-3-5-10-6-4-8-20-15(10)11/h3,5,7,9,14,19H,2,4,6,8H2,1H3. The molecule has 21 heavy (non-hydrogen) atoms. The molecule has 0 bridgehead atoms. The van der Waals surface area contributed by atoms with Crippen LogP contribution in [0.15, 0.2) is 31.8 Å². The van der Waals surface area contributed by atoms with Crippen LogP contribution < -0.4 is 10.1 Å². The van der Waals surface area contributed by atoms with Crippen molar-refractivity contribution in [2.75, 3.05) is 13.2 Å². The van der Waals surface area contributed by atoms with Crippen molar-refractivity contribution in [2.45, 2.75) is 25.8 Å². The van der Waals surface area contributed by atoms with E-state index < -0.39 is 0 Å². The Labute approximate surface area is 146 Å². The number of aryl methyl sites for hydroxylation is 1. The molecule has 1 unspecified atom stereocenters. The number of fused-ring (bicyclic) bond motifs is 1. The Bertz CT molecular complexity index is 641. The number of thiophene rings is 1. The third kappa shape index (κ3) is 3.21. The maximum Gasteiger partial charge on any atom is 0.127 e. The van der Waals surface area contributed by atoms with Gasteiger partial charge in [-0.05, 0) is 68.4 Å². The van der Waals surface area contributed by atoms with Gasteiger partial charge in [-0.2, -0.15) is 0 Å². The summed E-state index contributed by atoms with van der Waals surface area (Å²) in [6.07, 6.45) is 2.21. The normalized spacial score (nSPS) is 15.4. The summed E-state index contributed by atoms with van der Waals surface area (Å²) in [5.41, 5.74) is 3.82. The van der Waals surface area contributed by atoms with Crippen LogP contribution >= 0.6 is 43.2 Å². The van der Waals surface area contributed by atoms with Crippen LogP contribution in [-0.4, -0.2) is 13.2 Å². The van der Waals surface area contributed by atoms with E-state index in [0.717, 1.165) is 39.3 Å². The highest BCUT2D eigenvalue weighted by molar-refractivity contribution is 9.12. The first-order chi connectivity index (χ1) is 10.2. The summed E-state index contributed by atoms with van der Waals surface area (Å²) < 4.78 is 8.28. The van der Waals surface area contributed by atoms with Gasteiger partial charge < -0.3 is 10.1 Å². The highest BCUT2D eigenvalue weighted by atomic mass is 79.9. The zero-order valence-electron chi connectivity index (χ0n) is 11.8. The zero-order chi connectivity index (χ0) is 14.8. The highest BCUT2D eigenvalue weighted by Crippen LogP contribution is 2.41. The average molecular weight is 431 g/mol. The molecule has 112 valence electrons. The maximum atomic E-state index is 5.99. The summed E-state index contributed by atoms with van der Waals surface area (Å²) in [6, 6.07) is 8.84. The van der Waals surface area contributed by atoms with Crippen LogP contribution in [0.4, 0.5) is 0 Å². The van der Waals surface area contributed by atoms with Crippen LogP contribution in [0.2, 0.25) is 0 Å². The summed E-state index contributed by atoms with van der Waals surface area (Å²) in [4.78, 5) is 0. The van der Waals surface area contributed by atoms with E-state index in [9.17, 15) is 0 Å². The van der Waals surface area contributed by atoms with Crippen molar-refractivity contribution in [3.8, 4) is 5.75 Å². The number of hydrogen-bond acceptors (Lipinski definition) is 3. The number of nitrogens with one attached hydrogen (secondary N) is 1. The highest BCUT2D eigenvalue weighted by Gasteiger charge is 2.24. The Kier molecular flexibility index (Phi) is 5.04. The molecule has 2 nitrogen and oxygen atoms in total. The van der Waals surface area contributed by atoms with E-state index in [2.05, 4.69) is 68.4 Å². The molecule has 0 spiro atoms. The molecule has 3 rings (SSSR count). The van der Waals surface area contributed by atoms with E-state index in [-0.39, 0.29) is 6.04 Å². The summed E-state index contributed by atoms with van der Waals surface area (Å²) in [5, 5.41) is 3.60. The Morgan fingerprint density at radius 2 is 2.19 bits per heavy atom. The fourth-order valence-corrected chi connectivity index (χ4v) is 5.69. The molecular weight excluding hydrogens is 414 g/mol. The topological polar surface area (TPSA) is 21.3 Å². The number of halogens is 2. The second-order valence-corrected chi connectivity index (χ2v) is 8.81. The van der Waals surface area contributed by atoms with E-state index in [0.29, 0.717) is 0 Å². The molecule has 1 atom stereocenters. The Morgan fingerprint density at radius 1 is 1.33 bits per heavy atom. The number of benzene rings is 1. The fraction of sp³-hybridized carbons (Fsp3) is 0.375. The van der Waals surface area contributed by atoms with E-state index in [1.807, 2.05) is 0 Å². The summed E-state index contributed by atoms with van der Waals surface area (Å²) >= 11 is 8.98. The van der Waals surface area contributed by atoms with Crippen LogP contribution in [0.1, 0.15) is 36.1 Å². The van der Waals surface area contributed by atoms with Crippen LogP contribution in [0, 0.1) is 0 Å². The SMILES string of the molecule is CCNC(c1cc(Br)sc1Br)c1cccc2c1OCCC2. The van der Waals surface area contributed by atoms with Crippen LogP contribution in [0.5, 0.6) is 5.75 Å². The van der Waals surface area contributed by atoms with E-state index in [1.54, 1.807) is 11.3 Å². The minimum Gasteiger partial charge on any atom is -0.493 e. The predicted molar refractivity (Wildman–Crippen MR) is 95.5 cm³/mol. The molecule has 0 aliphatic carbocycles. The van der Waals surface area contributed by atoms with E-state index in [4.69, 9.17) is 4.74 Å². The van der Waals surface area contributed by atoms with Gasteiger partial charge >= 0.3 is 0 Å². The molecule has 1 aromatic carbocycles. The van der Waals surface area contributed by atoms with Gasteiger partial charge in [0, 0.05) is 5.56 Å². The molecule has 0 radical (unpaired) electrons. The molecule has 2 heterocycles. The van der Waals surface area contributed by atoms with Crippen LogP contribution in [-0.2, 0) is 6.42 Å². The lowest BCUT2D eigenvalue weighted by molar-refractivity contribution is 0.283. The molecule has 5 heteroatoms. The summed E-state index contributed by atoms with van der Waals surface area (Å²) in [7, 11) is 0. The maximum absolute atomic E-state index is 5.99.